The van der Waals surface area contributed by atoms with Crippen LogP contribution in [0.25, 0.3) is 39.3 Å². The van der Waals surface area contributed by atoms with E-state index in [4.69, 9.17) is 0 Å². The van der Waals surface area contributed by atoms with Crippen LogP contribution in [0.3, 0.4) is 0 Å². The van der Waals surface area contributed by atoms with Crippen molar-refractivity contribution in [2.75, 3.05) is 0 Å². The maximum Gasteiger partial charge on any atom is 0.294 e. The van der Waals surface area contributed by atoms with E-state index in [0.29, 0.717) is 11.8 Å². The van der Waals surface area contributed by atoms with Gasteiger partial charge in [0.2, 0.25) is 0 Å². The van der Waals surface area contributed by atoms with E-state index in [0.717, 1.165) is 6.54 Å². The Morgan fingerprint density at radius 3 is 1.75 bits per heavy atom. The summed E-state index contributed by atoms with van der Waals surface area (Å²) in [5.74, 6) is 2.63. The number of nitrogens with zero attached hydrogens (tertiary/aromatic N) is 2. The first-order valence-corrected chi connectivity index (χ1v) is 15.4. The zero-order valence-electron chi connectivity index (χ0n) is 23.2. The molecule has 0 unspecified atom stereocenters. The minimum atomic E-state index is 0.642. The van der Waals surface area contributed by atoms with Gasteiger partial charge in [-0.2, -0.15) is 4.57 Å². The van der Waals surface area contributed by atoms with Crippen molar-refractivity contribution in [1.29, 1.82) is 0 Å². The van der Waals surface area contributed by atoms with Gasteiger partial charge in [-0.25, -0.2) is 4.57 Å². The van der Waals surface area contributed by atoms with Crippen LogP contribution in [0, 0.1) is 0 Å². The Bertz CT molecular complexity index is 1630. The SMILES string of the molecule is c1ccc(-c2ccc3c(c2)C[n+]2ccn(-c4c(C5CCCC5)cc(-c5ccccc5)cc4C4CCCC4)c2-3)cc1. The summed E-state index contributed by atoms with van der Waals surface area (Å²) in [5.41, 5.74) is 12.8. The summed E-state index contributed by atoms with van der Waals surface area (Å²) >= 11 is 0. The Morgan fingerprint density at radius 2 is 1.15 bits per heavy atom. The molecule has 0 saturated heterocycles. The van der Waals surface area contributed by atoms with Gasteiger partial charge in [0.25, 0.3) is 5.82 Å². The Hall–Kier alpha value is -3.91. The molecule has 8 rings (SSSR count). The zero-order valence-corrected chi connectivity index (χ0v) is 23.2. The van der Waals surface area contributed by atoms with Crippen molar-refractivity contribution in [3.63, 3.8) is 0 Å². The lowest BCUT2D eigenvalue weighted by atomic mass is 9.84. The van der Waals surface area contributed by atoms with E-state index < -0.39 is 0 Å². The standard InChI is InChI=1S/C38H37N2/c1-3-11-27(12-4-1)31-19-20-34-33(23-31)26-39-21-22-40(38(34)39)37-35(29-15-7-8-16-29)24-32(28-13-5-2-6-14-28)25-36(37)30-17-9-10-18-30/h1-6,11-14,19-25,29-30H,7-10,15-18,26H2/q+1. The molecule has 2 saturated carbocycles. The van der Waals surface area contributed by atoms with Crippen molar-refractivity contribution in [2.45, 2.75) is 69.7 Å². The van der Waals surface area contributed by atoms with Gasteiger partial charge in [0.15, 0.2) is 0 Å². The lowest BCUT2D eigenvalue weighted by Gasteiger charge is -2.22. The summed E-state index contributed by atoms with van der Waals surface area (Å²) < 4.78 is 5.06. The van der Waals surface area contributed by atoms with Crippen molar-refractivity contribution < 1.29 is 4.57 Å². The third kappa shape index (κ3) is 4.04. The highest BCUT2D eigenvalue weighted by Gasteiger charge is 2.36. The van der Waals surface area contributed by atoms with E-state index in [2.05, 4.69) is 113 Å². The molecule has 0 bridgehead atoms. The second kappa shape index (κ2) is 9.93. The molecular weight excluding hydrogens is 484 g/mol. The molecule has 5 aromatic rings. The number of imidazole rings is 1. The fourth-order valence-electron chi connectivity index (χ4n) is 7.81. The van der Waals surface area contributed by atoms with Gasteiger partial charge in [-0.3, -0.25) is 0 Å². The lowest BCUT2D eigenvalue weighted by Crippen LogP contribution is -2.30. The number of fused-ring (bicyclic) bond motifs is 3. The Labute approximate surface area is 238 Å². The van der Waals surface area contributed by atoms with E-state index in [9.17, 15) is 0 Å². The third-order valence-electron chi connectivity index (χ3n) is 9.80. The van der Waals surface area contributed by atoms with Crippen molar-refractivity contribution in [1.82, 2.24) is 4.57 Å². The normalized spacial score (nSPS) is 16.9. The Balaban J connectivity index is 1.32. The van der Waals surface area contributed by atoms with E-state index in [1.807, 2.05) is 0 Å². The first kappa shape index (κ1) is 23.9. The van der Waals surface area contributed by atoms with Gasteiger partial charge in [0.05, 0.1) is 5.56 Å². The fraction of sp³-hybridized carbons (Fsp3) is 0.289. The van der Waals surface area contributed by atoms with E-state index in [1.54, 1.807) is 11.1 Å². The molecule has 0 radical (unpaired) electrons. The topological polar surface area (TPSA) is 8.81 Å². The molecule has 0 spiro atoms. The number of hydrogen-bond acceptors (Lipinski definition) is 0. The van der Waals surface area contributed by atoms with Crippen LogP contribution in [-0.2, 0) is 6.54 Å². The first-order valence-electron chi connectivity index (χ1n) is 15.4. The van der Waals surface area contributed by atoms with Crippen molar-refractivity contribution >= 4 is 0 Å². The van der Waals surface area contributed by atoms with E-state index >= 15 is 0 Å². The molecule has 2 nitrogen and oxygen atoms in total. The fourth-order valence-corrected chi connectivity index (χ4v) is 7.81. The van der Waals surface area contributed by atoms with Crippen LogP contribution in [0.15, 0.2) is 103 Å². The lowest BCUT2D eigenvalue weighted by molar-refractivity contribution is -0.671. The van der Waals surface area contributed by atoms with Gasteiger partial charge in [-0.15, -0.1) is 0 Å². The number of rotatable bonds is 5. The summed E-state index contributed by atoms with van der Waals surface area (Å²) in [6.45, 7) is 0.942. The average molecular weight is 522 g/mol. The monoisotopic (exact) mass is 521 g/mol. The van der Waals surface area contributed by atoms with E-state index in [1.165, 1.54) is 96.3 Å². The second-order valence-corrected chi connectivity index (χ2v) is 12.2. The molecule has 0 amide bonds. The molecule has 2 heterocycles. The summed E-state index contributed by atoms with van der Waals surface area (Å²) in [6, 6.07) is 34.1. The van der Waals surface area contributed by atoms with Gasteiger partial charge in [0, 0.05) is 16.7 Å². The Kier molecular flexibility index (Phi) is 5.94. The van der Waals surface area contributed by atoms with Gasteiger partial charge in [0.1, 0.15) is 24.6 Å². The minimum absolute atomic E-state index is 0.642. The minimum Gasteiger partial charge on any atom is -0.225 e. The quantitative estimate of drug-likeness (QED) is 0.200. The van der Waals surface area contributed by atoms with Gasteiger partial charge in [-0.05, 0) is 84.0 Å². The van der Waals surface area contributed by atoms with Crippen LogP contribution in [0.2, 0.25) is 0 Å². The molecule has 0 atom stereocenters. The predicted octanol–water partition coefficient (Wildman–Crippen LogP) is 9.44. The molecule has 198 valence electrons. The summed E-state index contributed by atoms with van der Waals surface area (Å²) in [6.07, 6.45) is 15.3. The molecule has 1 aliphatic heterocycles. The molecule has 2 fully saturated rings. The third-order valence-corrected chi connectivity index (χ3v) is 9.80. The summed E-state index contributed by atoms with van der Waals surface area (Å²) in [4.78, 5) is 0. The number of aromatic nitrogens is 2. The molecule has 2 aliphatic carbocycles. The second-order valence-electron chi connectivity index (χ2n) is 12.2. The number of benzene rings is 4. The van der Waals surface area contributed by atoms with Crippen LogP contribution in [-0.4, -0.2) is 4.57 Å². The molecule has 2 heteroatoms. The highest BCUT2D eigenvalue weighted by Crippen LogP contribution is 2.46. The zero-order chi connectivity index (χ0) is 26.5. The van der Waals surface area contributed by atoms with Crippen molar-refractivity contribution in [3.8, 4) is 39.3 Å². The maximum absolute atomic E-state index is 2.59. The molecule has 4 aromatic carbocycles. The van der Waals surface area contributed by atoms with Crippen LogP contribution < -0.4 is 4.57 Å². The summed E-state index contributed by atoms with van der Waals surface area (Å²) in [7, 11) is 0. The predicted molar refractivity (Wildman–Crippen MR) is 164 cm³/mol. The molecule has 3 aliphatic rings. The van der Waals surface area contributed by atoms with Crippen LogP contribution in [0.5, 0.6) is 0 Å². The van der Waals surface area contributed by atoms with Crippen LogP contribution in [0.4, 0.5) is 0 Å². The average Bonchev–Trinajstić information content (AvgIpc) is 3.83. The molecular formula is C38H37N2+. The molecule has 40 heavy (non-hydrogen) atoms. The number of hydrogen-bond donors (Lipinski definition) is 0. The largest absolute Gasteiger partial charge is 0.294 e. The van der Waals surface area contributed by atoms with Gasteiger partial charge < -0.3 is 0 Å². The van der Waals surface area contributed by atoms with Crippen molar-refractivity contribution in [3.05, 3.63) is 120 Å². The van der Waals surface area contributed by atoms with Crippen LogP contribution in [0.1, 0.15) is 79.9 Å². The Morgan fingerprint density at radius 1 is 0.575 bits per heavy atom. The molecule has 0 N–H and O–H groups in total. The van der Waals surface area contributed by atoms with Crippen LogP contribution >= 0.6 is 0 Å². The van der Waals surface area contributed by atoms with E-state index in [-0.39, 0.29) is 0 Å². The first-order chi connectivity index (χ1) is 19.8. The smallest absolute Gasteiger partial charge is 0.225 e. The summed E-state index contributed by atoms with van der Waals surface area (Å²) in [5, 5.41) is 0. The molecule has 1 aromatic heterocycles. The van der Waals surface area contributed by atoms with Crippen molar-refractivity contribution in [2.24, 2.45) is 0 Å². The maximum atomic E-state index is 2.59. The highest BCUT2D eigenvalue weighted by molar-refractivity contribution is 5.74. The van der Waals surface area contributed by atoms with Gasteiger partial charge in [-0.1, -0.05) is 92.4 Å². The van der Waals surface area contributed by atoms with Gasteiger partial charge >= 0.3 is 0 Å². The highest BCUT2D eigenvalue weighted by atomic mass is 15.2.